The number of nitrogens with two attached hydrogens (primary N) is 1. The lowest BCUT2D eigenvalue weighted by molar-refractivity contribution is -0.122. The molecule has 1 amide bonds. The van der Waals surface area contributed by atoms with Gasteiger partial charge >= 0.3 is 0 Å². The van der Waals surface area contributed by atoms with Crippen LogP contribution in [0, 0.1) is 0 Å². The van der Waals surface area contributed by atoms with Gasteiger partial charge in [0.15, 0.2) is 0 Å². The number of hydrogen-bond donors (Lipinski definition) is 2. The summed E-state index contributed by atoms with van der Waals surface area (Å²) in [5, 5.41) is 6.98. The van der Waals surface area contributed by atoms with Crippen molar-refractivity contribution in [2.45, 2.75) is 51.1 Å². The molecule has 0 spiro atoms. The second-order valence-corrected chi connectivity index (χ2v) is 4.76. The molecule has 0 aliphatic heterocycles. The SMILES string of the molecule is CCn1cc(NC(=O)C2(N)CCCCC2)cn1. The molecule has 1 aromatic heterocycles. The Labute approximate surface area is 101 Å². The molecule has 5 nitrogen and oxygen atoms in total. The molecule has 0 bridgehead atoms. The molecule has 2 rings (SSSR count). The highest BCUT2D eigenvalue weighted by atomic mass is 16.2. The van der Waals surface area contributed by atoms with Crippen molar-refractivity contribution in [3.63, 3.8) is 0 Å². The first-order valence-corrected chi connectivity index (χ1v) is 6.27. The van der Waals surface area contributed by atoms with E-state index in [1.807, 2.05) is 13.1 Å². The molecule has 0 aromatic carbocycles. The van der Waals surface area contributed by atoms with Crippen molar-refractivity contribution in [1.82, 2.24) is 9.78 Å². The third-order valence-electron chi connectivity index (χ3n) is 3.41. The molecule has 17 heavy (non-hydrogen) atoms. The molecule has 3 N–H and O–H groups in total. The average molecular weight is 236 g/mol. The molecule has 0 saturated heterocycles. The minimum absolute atomic E-state index is 0.0761. The Morgan fingerprint density at radius 2 is 2.24 bits per heavy atom. The van der Waals surface area contributed by atoms with E-state index in [2.05, 4.69) is 10.4 Å². The largest absolute Gasteiger partial charge is 0.322 e. The summed E-state index contributed by atoms with van der Waals surface area (Å²) in [5.74, 6) is -0.0761. The molecule has 1 aliphatic carbocycles. The van der Waals surface area contributed by atoms with Crippen LogP contribution in [0.4, 0.5) is 5.69 Å². The van der Waals surface area contributed by atoms with E-state index < -0.39 is 5.54 Å². The normalized spacial score (nSPS) is 18.9. The smallest absolute Gasteiger partial charge is 0.244 e. The number of hydrogen-bond acceptors (Lipinski definition) is 3. The number of nitrogens with one attached hydrogen (secondary N) is 1. The van der Waals surface area contributed by atoms with Crippen molar-refractivity contribution >= 4 is 11.6 Å². The molecular weight excluding hydrogens is 216 g/mol. The van der Waals surface area contributed by atoms with Crippen LogP contribution in [0.1, 0.15) is 39.0 Å². The van der Waals surface area contributed by atoms with Crippen LogP contribution in [-0.2, 0) is 11.3 Å². The summed E-state index contributed by atoms with van der Waals surface area (Å²) < 4.78 is 1.78. The second-order valence-electron chi connectivity index (χ2n) is 4.76. The zero-order valence-corrected chi connectivity index (χ0v) is 10.3. The molecule has 1 heterocycles. The van der Waals surface area contributed by atoms with Gasteiger partial charge in [-0.25, -0.2) is 0 Å². The Bertz CT molecular complexity index is 393. The molecule has 0 unspecified atom stereocenters. The lowest BCUT2D eigenvalue weighted by atomic mass is 9.82. The molecule has 1 aromatic rings. The molecular formula is C12H20N4O. The number of rotatable bonds is 3. The van der Waals surface area contributed by atoms with Crippen molar-refractivity contribution in [3.8, 4) is 0 Å². The molecule has 0 radical (unpaired) electrons. The standard InChI is InChI=1S/C12H20N4O/c1-2-16-9-10(8-14-16)15-11(17)12(13)6-4-3-5-7-12/h8-9H,2-7,13H2,1H3,(H,15,17). The molecule has 5 heteroatoms. The maximum absolute atomic E-state index is 12.1. The van der Waals surface area contributed by atoms with Crippen LogP contribution in [0.2, 0.25) is 0 Å². The van der Waals surface area contributed by atoms with Crippen LogP contribution in [0.15, 0.2) is 12.4 Å². The topological polar surface area (TPSA) is 72.9 Å². The molecule has 1 fully saturated rings. The lowest BCUT2D eigenvalue weighted by Gasteiger charge is -2.31. The van der Waals surface area contributed by atoms with Gasteiger partial charge in [0.05, 0.1) is 17.4 Å². The Hall–Kier alpha value is -1.36. The lowest BCUT2D eigenvalue weighted by Crippen LogP contribution is -2.52. The monoisotopic (exact) mass is 236 g/mol. The maximum atomic E-state index is 12.1. The highest BCUT2D eigenvalue weighted by molar-refractivity contribution is 5.97. The minimum atomic E-state index is -0.688. The summed E-state index contributed by atoms with van der Waals surface area (Å²) in [6.07, 6.45) is 8.30. The van der Waals surface area contributed by atoms with Crippen LogP contribution in [0.5, 0.6) is 0 Å². The van der Waals surface area contributed by atoms with E-state index >= 15 is 0 Å². The summed E-state index contributed by atoms with van der Waals surface area (Å²) in [6, 6.07) is 0. The van der Waals surface area contributed by atoms with Crippen molar-refractivity contribution in [2.24, 2.45) is 5.73 Å². The van der Waals surface area contributed by atoms with Gasteiger partial charge in [-0.2, -0.15) is 5.10 Å². The van der Waals surface area contributed by atoms with Gasteiger partial charge in [0.1, 0.15) is 0 Å². The summed E-state index contributed by atoms with van der Waals surface area (Å²) in [4.78, 5) is 12.1. The average Bonchev–Trinajstić information content (AvgIpc) is 2.78. The first kappa shape index (κ1) is 12.1. The van der Waals surface area contributed by atoms with Crippen molar-refractivity contribution < 1.29 is 4.79 Å². The van der Waals surface area contributed by atoms with E-state index in [0.717, 1.165) is 37.9 Å². The van der Waals surface area contributed by atoms with Gasteiger partial charge in [0, 0.05) is 12.7 Å². The number of anilines is 1. The highest BCUT2D eigenvalue weighted by Gasteiger charge is 2.35. The van der Waals surface area contributed by atoms with Gasteiger partial charge < -0.3 is 11.1 Å². The van der Waals surface area contributed by atoms with E-state index in [-0.39, 0.29) is 5.91 Å². The fourth-order valence-corrected chi connectivity index (χ4v) is 2.27. The summed E-state index contributed by atoms with van der Waals surface area (Å²) in [5.41, 5.74) is 6.19. The third-order valence-corrected chi connectivity index (χ3v) is 3.41. The van der Waals surface area contributed by atoms with Crippen molar-refractivity contribution in [1.29, 1.82) is 0 Å². The van der Waals surface area contributed by atoms with Crippen molar-refractivity contribution in [3.05, 3.63) is 12.4 Å². The number of aryl methyl sites for hydroxylation is 1. The fourth-order valence-electron chi connectivity index (χ4n) is 2.27. The molecule has 0 atom stereocenters. The number of carbonyl (C=O) groups excluding carboxylic acids is 1. The summed E-state index contributed by atoms with van der Waals surface area (Å²) in [7, 11) is 0. The fraction of sp³-hybridized carbons (Fsp3) is 0.667. The Kier molecular flexibility index (Phi) is 3.47. The maximum Gasteiger partial charge on any atom is 0.244 e. The number of amides is 1. The first-order chi connectivity index (χ1) is 8.14. The predicted octanol–water partition coefficient (Wildman–Crippen LogP) is 1.50. The molecule has 1 aliphatic rings. The second kappa shape index (κ2) is 4.87. The minimum Gasteiger partial charge on any atom is -0.322 e. The molecule has 1 saturated carbocycles. The van der Waals surface area contributed by atoms with E-state index in [1.54, 1.807) is 10.9 Å². The molecule has 94 valence electrons. The Balaban J connectivity index is 2.00. The van der Waals surface area contributed by atoms with Gasteiger partial charge in [-0.05, 0) is 19.8 Å². The summed E-state index contributed by atoms with van der Waals surface area (Å²) in [6.45, 7) is 2.80. The van der Waals surface area contributed by atoms with Crippen LogP contribution < -0.4 is 11.1 Å². The predicted molar refractivity (Wildman–Crippen MR) is 66.5 cm³/mol. The van der Waals surface area contributed by atoms with E-state index in [1.165, 1.54) is 6.42 Å². The number of nitrogens with zero attached hydrogens (tertiary/aromatic N) is 2. The van der Waals surface area contributed by atoms with Gasteiger partial charge in [0.25, 0.3) is 0 Å². The van der Waals surface area contributed by atoms with E-state index in [9.17, 15) is 4.79 Å². The quantitative estimate of drug-likeness (QED) is 0.835. The Morgan fingerprint density at radius 3 is 2.82 bits per heavy atom. The summed E-state index contributed by atoms with van der Waals surface area (Å²) >= 11 is 0. The van der Waals surface area contributed by atoms with Gasteiger partial charge in [0.2, 0.25) is 5.91 Å². The van der Waals surface area contributed by atoms with E-state index in [4.69, 9.17) is 5.73 Å². The van der Waals surface area contributed by atoms with Gasteiger partial charge in [-0.15, -0.1) is 0 Å². The van der Waals surface area contributed by atoms with Crippen LogP contribution in [-0.4, -0.2) is 21.2 Å². The Morgan fingerprint density at radius 1 is 1.53 bits per heavy atom. The van der Waals surface area contributed by atoms with Crippen LogP contribution in [0.3, 0.4) is 0 Å². The third kappa shape index (κ3) is 2.66. The zero-order valence-electron chi connectivity index (χ0n) is 10.3. The van der Waals surface area contributed by atoms with Crippen LogP contribution in [0.25, 0.3) is 0 Å². The van der Waals surface area contributed by atoms with Crippen molar-refractivity contribution in [2.75, 3.05) is 5.32 Å². The van der Waals surface area contributed by atoms with E-state index in [0.29, 0.717) is 0 Å². The number of aromatic nitrogens is 2. The highest BCUT2D eigenvalue weighted by Crippen LogP contribution is 2.27. The first-order valence-electron chi connectivity index (χ1n) is 6.27. The zero-order chi connectivity index (χ0) is 12.3. The van der Waals surface area contributed by atoms with Crippen LogP contribution >= 0.6 is 0 Å². The number of carbonyl (C=O) groups is 1. The van der Waals surface area contributed by atoms with Gasteiger partial charge in [-0.1, -0.05) is 19.3 Å². The van der Waals surface area contributed by atoms with Gasteiger partial charge in [-0.3, -0.25) is 9.48 Å².